The van der Waals surface area contributed by atoms with Gasteiger partial charge >= 0.3 is 6.03 Å². The summed E-state index contributed by atoms with van der Waals surface area (Å²) in [4.78, 5) is 13.9. The largest absolute Gasteiger partial charge is 0.391 e. The lowest BCUT2D eigenvalue weighted by Crippen LogP contribution is -2.42. The van der Waals surface area contributed by atoms with Crippen LogP contribution >= 0.6 is 11.6 Å². The van der Waals surface area contributed by atoms with Crippen LogP contribution < -0.4 is 15.5 Å². The number of amides is 2. The summed E-state index contributed by atoms with van der Waals surface area (Å²) in [5, 5.41) is 15.9. The van der Waals surface area contributed by atoms with Crippen molar-refractivity contribution in [3.8, 4) is 0 Å². The summed E-state index contributed by atoms with van der Waals surface area (Å²) in [5.41, 5.74) is 1.41. The summed E-state index contributed by atoms with van der Waals surface area (Å²) in [5.74, 6) is 0. The van der Waals surface area contributed by atoms with Gasteiger partial charge in [-0.05, 0) is 31.4 Å². The van der Waals surface area contributed by atoms with Crippen molar-refractivity contribution in [1.29, 1.82) is 0 Å². The third-order valence-electron chi connectivity index (χ3n) is 3.48. The first-order valence-corrected chi connectivity index (χ1v) is 7.08. The molecule has 6 heteroatoms. The Morgan fingerprint density at radius 2 is 2.15 bits per heavy atom. The zero-order valence-corrected chi connectivity index (χ0v) is 12.4. The van der Waals surface area contributed by atoms with E-state index in [0.29, 0.717) is 10.7 Å². The molecular formula is C14H20ClN3O2. The Kier molecular flexibility index (Phi) is 4.73. The lowest BCUT2D eigenvalue weighted by molar-refractivity contribution is 0.151. The highest BCUT2D eigenvalue weighted by Crippen LogP contribution is 2.32. The zero-order chi connectivity index (χ0) is 14.7. The second kappa shape index (κ2) is 6.33. The first-order valence-electron chi connectivity index (χ1n) is 6.70. The number of nitrogens with one attached hydrogen (secondary N) is 2. The topological polar surface area (TPSA) is 64.6 Å². The second-order valence-corrected chi connectivity index (χ2v) is 5.64. The molecule has 20 heavy (non-hydrogen) atoms. The minimum atomic E-state index is -0.451. The summed E-state index contributed by atoms with van der Waals surface area (Å²) in [6.07, 6.45) is 2.04. The van der Waals surface area contributed by atoms with E-state index in [4.69, 9.17) is 11.6 Å². The van der Waals surface area contributed by atoms with E-state index in [1.807, 2.05) is 19.0 Å². The number of carbonyl (C=O) groups excluding carboxylic acids is 1. The van der Waals surface area contributed by atoms with Gasteiger partial charge in [0.05, 0.1) is 28.5 Å². The van der Waals surface area contributed by atoms with Gasteiger partial charge in [0.2, 0.25) is 0 Å². The van der Waals surface area contributed by atoms with E-state index in [0.717, 1.165) is 24.9 Å². The Morgan fingerprint density at radius 3 is 2.75 bits per heavy atom. The predicted molar refractivity (Wildman–Crippen MR) is 81.6 cm³/mol. The van der Waals surface area contributed by atoms with Gasteiger partial charge in [0.1, 0.15) is 0 Å². The Morgan fingerprint density at radius 1 is 1.40 bits per heavy atom. The molecule has 1 aromatic carbocycles. The van der Waals surface area contributed by atoms with Gasteiger partial charge in [-0.3, -0.25) is 0 Å². The summed E-state index contributed by atoms with van der Waals surface area (Å²) in [7, 11) is 3.73. The van der Waals surface area contributed by atoms with Gasteiger partial charge in [0, 0.05) is 14.1 Å². The van der Waals surface area contributed by atoms with E-state index in [2.05, 4.69) is 10.6 Å². The fourth-order valence-electron chi connectivity index (χ4n) is 2.51. The molecule has 0 radical (unpaired) electrons. The fraction of sp³-hybridized carbons (Fsp3) is 0.500. The van der Waals surface area contributed by atoms with Gasteiger partial charge in [-0.15, -0.1) is 0 Å². The van der Waals surface area contributed by atoms with E-state index in [-0.39, 0.29) is 12.1 Å². The molecule has 0 unspecified atom stereocenters. The van der Waals surface area contributed by atoms with Crippen LogP contribution in [0.3, 0.4) is 0 Å². The van der Waals surface area contributed by atoms with Gasteiger partial charge in [-0.25, -0.2) is 4.79 Å². The maximum atomic E-state index is 12.0. The fourth-order valence-corrected chi connectivity index (χ4v) is 2.85. The van der Waals surface area contributed by atoms with Gasteiger partial charge in [-0.2, -0.15) is 0 Å². The quantitative estimate of drug-likeness (QED) is 0.803. The highest BCUT2D eigenvalue weighted by Gasteiger charge is 2.26. The number of aliphatic hydroxyl groups is 1. The molecule has 0 saturated heterocycles. The van der Waals surface area contributed by atoms with E-state index >= 15 is 0 Å². The van der Waals surface area contributed by atoms with Crippen molar-refractivity contribution >= 4 is 29.0 Å². The van der Waals surface area contributed by atoms with Crippen molar-refractivity contribution in [1.82, 2.24) is 5.32 Å². The first-order chi connectivity index (χ1) is 9.49. The van der Waals surface area contributed by atoms with E-state index < -0.39 is 6.10 Å². The number of para-hydroxylation sites is 1. The molecular weight excluding hydrogens is 278 g/mol. The highest BCUT2D eigenvalue weighted by atomic mass is 35.5. The Hall–Kier alpha value is -1.46. The maximum Gasteiger partial charge on any atom is 0.319 e. The minimum absolute atomic E-state index is 0.169. The van der Waals surface area contributed by atoms with Gasteiger partial charge in [0.25, 0.3) is 0 Å². The summed E-state index contributed by atoms with van der Waals surface area (Å²) >= 11 is 6.15. The predicted octanol–water partition coefficient (Wildman–Crippen LogP) is 2.44. The van der Waals surface area contributed by atoms with E-state index in [9.17, 15) is 9.90 Å². The number of aliphatic hydroxyl groups excluding tert-OH is 1. The molecule has 1 aromatic rings. The number of anilines is 2. The lowest BCUT2D eigenvalue weighted by Gasteiger charge is -2.21. The molecule has 1 aliphatic carbocycles. The first kappa shape index (κ1) is 14.9. The van der Waals surface area contributed by atoms with Crippen molar-refractivity contribution in [2.45, 2.75) is 31.4 Å². The molecule has 2 amide bonds. The van der Waals surface area contributed by atoms with Crippen LogP contribution in [0.4, 0.5) is 16.2 Å². The van der Waals surface area contributed by atoms with Gasteiger partial charge < -0.3 is 20.6 Å². The number of nitrogens with zero attached hydrogens (tertiary/aromatic N) is 1. The third kappa shape index (κ3) is 3.35. The van der Waals surface area contributed by atoms with Gasteiger partial charge in [0.15, 0.2) is 0 Å². The van der Waals surface area contributed by atoms with Crippen LogP contribution in [0.25, 0.3) is 0 Å². The standard InChI is InChI=1S/C14H20ClN3O2/c1-18(2)13-9(15)5-3-7-11(13)17-14(20)16-10-6-4-8-12(10)19/h3,5,7,10,12,19H,4,6,8H2,1-2H3,(H2,16,17,20)/t10-,12+/m0/s1. The molecule has 110 valence electrons. The lowest BCUT2D eigenvalue weighted by atomic mass is 10.2. The monoisotopic (exact) mass is 297 g/mol. The average molecular weight is 298 g/mol. The minimum Gasteiger partial charge on any atom is -0.391 e. The third-order valence-corrected chi connectivity index (χ3v) is 3.78. The number of hydrogen-bond donors (Lipinski definition) is 3. The van der Waals surface area contributed by atoms with Crippen LogP contribution in [0.15, 0.2) is 18.2 Å². The molecule has 1 fully saturated rings. The normalized spacial score (nSPS) is 21.6. The van der Waals surface area contributed by atoms with Crippen molar-refractivity contribution < 1.29 is 9.90 Å². The summed E-state index contributed by atoms with van der Waals surface area (Å²) in [6.45, 7) is 0. The Labute approximate surface area is 123 Å². The molecule has 0 aromatic heterocycles. The molecule has 2 atom stereocenters. The number of carbonyl (C=O) groups is 1. The summed E-state index contributed by atoms with van der Waals surface area (Å²) < 4.78 is 0. The number of benzene rings is 1. The van der Waals surface area contributed by atoms with E-state index in [1.54, 1.807) is 18.2 Å². The second-order valence-electron chi connectivity index (χ2n) is 5.23. The van der Waals surface area contributed by atoms with Crippen molar-refractivity contribution in [2.24, 2.45) is 0 Å². The number of halogens is 1. The number of urea groups is 1. The highest BCUT2D eigenvalue weighted by molar-refractivity contribution is 6.34. The number of rotatable bonds is 3. The maximum absolute atomic E-state index is 12.0. The van der Waals surface area contributed by atoms with E-state index in [1.165, 1.54) is 0 Å². The molecule has 1 aliphatic rings. The Balaban J connectivity index is 2.06. The summed E-state index contributed by atoms with van der Waals surface area (Å²) in [6, 6.07) is 4.88. The van der Waals surface area contributed by atoms with Crippen LogP contribution in [0, 0.1) is 0 Å². The van der Waals surface area contributed by atoms with Crippen LogP contribution in [-0.4, -0.2) is 37.4 Å². The molecule has 0 aliphatic heterocycles. The zero-order valence-electron chi connectivity index (χ0n) is 11.7. The number of hydrogen-bond acceptors (Lipinski definition) is 3. The van der Waals surface area contributed by atoms with Crippen LogP contribution in [-0.2, 0) is 0 Å². The molecule has 5 nitrogen and oxygen atoms in total. The van der Waals surface area contributed by atoms with Crippen LogP contribution in [0.1, 0.15) is 19.3 Å². The molecule has 3 N–H and O–H groups in total. The van der Waals surface area contributed by atoms with Crippen molar-refractivity contribution in [3.63, 3.8) is 0 Å². The SMILES string of the molecule is CN(C)c1c(Cl)cccc1NC(=O)N[C@H]1CCC[C@H]1O. The molecule has 2 rings (SSSR count). The van der Waals surface area contributed by atoms with Crippen molar-refractivity contribution in [3.05, 3.63) is 23.2 Å². The Bertz CT molecular complexity index is 493. The molecule has 0 bridgehead atoms. The average Bonchev–Trinajstić information content (AvgIpc) is 2.74. The molecule has 0 heterocycles. The smallest absolute Gasteiger partial charge is 0.319 e. The molecule has 1 saturated carbocycles. The van der Waals surface area contributed by atoms with Crippen LogP contribution in [0.2, 0.25) is 5.02 Å². The molecule has 0 spiro atoms. The van der Waals surface area contributed by atoms with Gasteiger partial charge in [-0.1, -0.05) is 17.7 Å². The van der Waals surface area contributed by atoms with Crippen LogP contribution in [0.5, 0.6) is 0 Å². The van der Waals surface area contributed by atoms with Crippen molar-refractivity contribution in [2.75, 3.05) is 24.3 Å².